The fourth-order valence-electron chi connectivity index (χ4n) is 4.67. The predicted octanol–water partition coefficient (Wildman–Crippen LogP) is 4.93. The number of nitrogens with zero attached hydrogens (tertiary/aromatic N) is 1. The number of hydrogen-bond acceptors (Lipinski definition) is 2. The van der Waals surface area contributed by atoms with Crippen LogP contribution in [-0.4, -0.2) is 29.1 Å². The molecule has 0 saturated heterocycles. The van der Waals surface area contributed by atoms with Gasteiger partial charge < -0.3 is 10.0 Å². The van der Waals surface area contributed by atoms with Crippen LogP contribution in [-0.2, 0) is 12.8 Å². The van der Waals surface area contributed by atoms with Gasteiger partial charge in [0.1, 0.15) is 5.75 Å². The monoisotopic (exact) mass is 314 g/mol. The molecule has 1 aromatic carbocycles. The number of fused-ring (bicyclic) bond motifs is 1. The zero-order valence-corrected chi connectivity index (χ0v) is 14.8. The van der Waals surface area contributed by atoms with Crippen LogP contribution in [0.5, 0.6) is 5.75 Å². The van der Waals surface area contributed by atoms with Crippen molar-refractivity contribution in [3.63, 3.8) is 0 Å². The molecule has 0 bridgehead atoms. The van der Waals surface area contributed by atoms with Gasteiger partial charge in [0.15, 0.2) is 0 Å². The highest BCUT2D eigenvalue weighted by atomic mass is 16.3. The molecule has 2 aliphatic rings. The van der Waals surface area contributed by atoms with Crippen molar-refractivity contribution in [1.29, 1.82) is 0 Å². The molecule has 0 aliphatic heterocycles. The van der Waals surface area contributed by atoms with Gasteiger partial charge in [-0.25, -0.2) is 0 Å². The standard InChI is InChI=1S/C21H33NO/c1-2-14-22(15-13-17-7-4-3-5-8-17)19-11-12-20-18(16-19)9-6-10-21(20)23/h6,9-10,17,19,23H,2-5,7-8,11-16H2,1H3/i14-1. The Morgan fingerprint density at radius 3 is 2.70 bits per heavy atom. The van der Waals surface area contributed by atoms with Gasteiger partial charge >= 0.3 is 0 Å². The summed E-state index contributed by atoms with van der Waals surface area (Å²) in [5.74, 6) is 1.48. The van der Waals surface area contributed by atoms with E-state index in [1.54, 1.807) is 0 Å². The molecule has 23 heavy (non-hydrogen) atoms. The topological polar surface area (TPSA) is 23.5 Å². The molecule has 3 rings (SSSR count). The highest BCUT2D eigenvalue weighted by Crippen LogP contribution is 2.32. The molecule has 1 N–H and O–H groups in total. The Bertz CT molecular complexity index is 493. The smallest absolute Gasteiger partial charge is 0.119 e. The highest BCUT2D eigenvalue weighted by Gasteiger charge is 2.26. The van der Waals surface area contributed by atoms with Crippen LogP contribution in [0, 0.1) is 5.92 Å². The molecular formula is C21H33NO. The highest BCUT2D eigenvalue weighted by molar-refractivity contribution is 5.41. The SMILES string of the molecule is CC[11CH2]N(CCC1CCCCC1)C1CCc2c(O)cccc2C1. The molecule has 1 fully saturated rings. The van der Waals surface area contributed by atoms with Gasteiger partial charge in [-0.2, -0.15) is 0 Å². The Labute approximate surface area is 141 Å². The molecule has 2 aliphatic carbocycles. The first-order valence-corrected chi connectivity index (χ1v) is 9.81. The first-order chi connectivity index (χ1) is 11.3. The molecule has 0 amide bonds. The Kier molecular flexibility index (Phi) is 5.99. The summed E-state index contributed by atoms with van der Waals surface area (Å²) in [7, 11) is 0. The summed E-state index contributed by atoms with van der Waals surface area (Å²) in [5, 5.41) is 10.0. The molecule has 128 valence electrons. The number of phenols is 1. The molecule has 1 saturated carbocycles. The fraction of sp³-hybridized carbons (Fsp3) is 0.714. The van der Waals surface area contributed by atoms with Gasteiger partial charge in [-0.3, -0.25) is 0 Å². The number of phenolic OH excluding ortho intramolecular Hbond substituents is 1. The minimum Gasteiger partial charge on any atom is -0.508 e. The first kappa shape index (κ1) is 16.8. The summed E-state index contributed by atoms with van der Waals surface area (Å²) in [5.41, 5.74) is 2.58. The third kappa shape index (κ3) is 4.29. The van der Waals surface area contributed by atoms with Crippen LogP contribution in [0.4, 0.5) is 0 Å². The Morgan fingerprint density at radius 2 is 1.91 bits per heavy atom. The van der Waals surface area contributed by atoms with Crippen LogP contribution in [0.2, 0.25) is 0 Å². The zero-order chi connectivity index (χ0) is 16.1. The van der Waals surface area contributed by atoms with Crippen molar-refractivity contribution in [3.8, 4) is 5.75 Å². The van der Waals surface area contributed by atoms with Crippen LogP contribution in [0.15, 0.2) is 18.2 Å². The minimum atomic E-state index is 0.505. The average molecular weight is 315 g/mol. The maximum atomic E-state index is 10.0. The van der Waals surface area contributed by atoms with Crippen molar-refractivity contribution >= 4 is 0 Å². The summed E-state index contributed by atoms with van der Waals surface area (Å²) < 4.78 is 0. The van der Waals surface area contributed by atoms with Gasteiger partial charge in [0, 0.05) is 6.04 Å². The normalized spacial score (nSPS) is 22.3. The summed E-state index contributed by atoms with van der Waals surface area (Å²) >= 11 is 0. The molecule has 0 heterocycles. The molecule has 2 nitrogen and oxygen atoms in total. The Morgan fingerprint density at radius 1 is 1.09 bits per heavy atom. The van der Waals surface area contributed by atoms with E-state index in [9.17, 15) is 5.11 Å². The quantitative estimate of drug-likeness (QED) is 0.804. The van der Waals surface area contributed by atoms with Gasteiger partial charge in [-0.05, 0) is 68.3 Å². The second-order valence-corrected chi connectivity index (χ2v) is 7.64. The summed E-state index contributed by atoms with van der Waals surface area (Å²) in [6.07, 6.45) is 13.3. The van der Waals surface area contributed by atoms with Gasteiger partial charge in [0.25, 0.3) is 0 Å². The minimum absolute atomic E-state index is 0.505. The maximum absolute atomic E-state index is 10.0. The third-order valence-electron chi connectivity index (χ3n) is 6.01. The van der Waals surface area contributed by atoms with Crippen molar-refractivity contribution in [2.75, 3.05) is 13.1 Å². The molecule has 0 radical (unpaired) electrons. The molecule has 1 aromatic rings. The van der Waals surface area contributed by atoms with E-state index in [4.69, 9.17) is 0 Å². The van der Waals surface area contributed by atoms with Gasteiger partial charge in [0.05, 0.1) is 0 Å². The molecule has 0 aromatic heterocycles. The lowest BCUT2D eigenvalue weighted by Gasteiger charge is -2.36. The van der Waals surface area contributed by atoms with E-state index in [2.05, 4.69) is 17.9 Å². The third-order valence-corrected chi connectivity index (χ3v) is 6.01. The first-order valence-electron chi connectivity index (χ1n) is 9.81. The van der Waals surface area contributed by atoms with E-state index in [0.29, 0.717) is 11.8 Å². The Hall–Kier alpha value is -1.02. The number of rotatable bonds is 6. The maximum Gasteiger partial charge on any atom is 0.119 e. The number of benzene rings is 1. The van der Waals surface area contributed by atoms with Gasteiger partial charge in [-0.15, -0.1) is 0 Å². The van der Waals surface area contributed by atoms with E-state index < -0.39 is 0 Å². The molecule has 1 atom stereocenters. The fourth-order valence-corrected chi connectivity index (χ4v) is 4.67. The van der Waals surface area contributed by atoms with Crippen LogP contribution < -0.4 is 0 Å². The van der Waals surface area contributed by atoms with E-state index >= 15 is 0 Å². The number of aromatic hydroxyl groups is 1. The van der Waals surface area contributed by atoms with Gasteiger partial charge in [0.2, 0.25) is 0 Å². The molecule has 2 heteroatoms. The summed E-state index contributed by atoms with van der Waals surface area (Å²) in [6, 6.07) is 6.73. The van der Waals surface area contributed by atoms with Crippen molar-refractivity contribution in [3.05, 3.63) is 29.3 Å². The van der Waals surface area contributed by atoms with E-state index in [1.165, 1.54) is 75.6 Å². The lowest BCUT2D eigenvalue weighted by molar-refractivity contribution is 0.160. The average Bonchev–Trinajstić information content (AvgIpc) is 2.59. The van der Waals surface area contributed by atoms with Crippen molar-refractivity contribution in [2.45, 2.75) is 77.2 Å². The largest absolute Gasteiger partial charge is 0.508 e. The van der Waals surface area contributed by atoms with Crippen molar-refractivity contribution < 1.29 is 5.11 Å². The predicted molar refractivity (Wildman–Crippen MR) is 97.0 cm³/mol. The van der Waals surface area contributed by atoms with Crippen LogP contribution in [0.25, 0.3) is 0 Å². The van der Waals surface area contributed by atoms with Gasteiger partial charge in [-0.1, -0.05) is 51.2 Å². The van der Waals surface area contributed by atoms with Crippen molar-refractivity contribution in [1.82, 2.24) is 4.90 Å². The Balaban J connectivity index is 1.60. The van der Waals surface area contributed by atoms with Crippen molar-refractivity contribution in [2.24, 2.45) is 5.92 Å². The summed E-state index contributed by atoms with van der Waals surface area (Å²) in [4.78, 5) is 2.75. The van der Waals surface area contributed by atoms with E-state index in [0.717, 1.165) is 18.8 Å². The zero-order valence-electron chi connectivity index (χ0n) is 14.8. The molecule has 1 unspecified atom stereocenters. The lowest BCUT2D eigenvalue weighted by atomic mass is 9.82. The lowest BCUT2D eigenvalue weighted by Crippen LogP contribution is -2.41. The van der Waals surface area contributed by atoms with Crippen LogP contribution >= 0.6 is 0 Å². The molecular weight excluding hydrogens is 281 g/mol. The van der Waals surface area contributed by atoms with Crippen LogP contribution in [0.3, 0.4) is 0 Å². The second kappa shape index (κ2) is 8.19. The van der Waals surface area contributed by atoms with Crippen LogP contribution in [0.1, 0.15) is 69.4 Å². The van der Waals surface area contributed by atoms with E-state index in [1.807, 2.05) is 12.1 Å². The second-order valence-electron chi connectivity index (χ2n) is 7.64. The summed E-state index contributed by atoms with van der Waals surface area (Å²) in [6.45, 7) is 4.80. The molecule has 0 spiro atoms. The number of hydrogen-bond donors (Lipinski definition) is 1. The van der Waals surface area contributed by atoms with E-state index in [-0.39, 0.29) is 0 Å².